The van der Waals surface area contributed by atoms with Gasteiger partial charge in [-0.15, -0.1) is 4.20 Å². The lowest BCUT2D eigenvalue weighted by molar-refractivity contribution is 0.435. The average Bonchev–Trinajstić information content (AvgIpc) is 2.32. The van der Waals surface area contributed by atoms with E-state index in [0.29, 0.717) is 16.5 Å². The predicted octanol–water partition coefficient (Wildman–Crippen LogP) is 4.99. The number of halogens is 2. The van der Waals surface area contributed by atoms with Crippen LogP contribution in [-0.2, 0) is 11.8 Å². The summed E-state index contributed by atoms with van der Waals surface area (Å²) in [5.74, 6) is 0.637. The van der Waals surface area contributed by atoms with Crippen molar-refractivity contribution in [3.63, 3.8) is 0 Å². The van der Waals surface area contributed by atoms with Crippen molar-refractivity contribution in [2.45, 2.75) is 0 Å². The molecule has 0 fully saturated rings. The monoisotopic (exact) mass is 302 g/mol. The molecule has 2 aromatic rings. The maximum atomic E-state index is 14.0. The van der Waals surface area contributed by atoms with Crippen LogP contribution in [-0.4, -0.2) is 0 Å². The Morgan fingerprint density at radius 2 is 1.39 bits per heavy atom. The molecule has 6 heteroatoms. The summed E-state index contributed by atoms with van der Waals surface area (Å²) in [6.45, 7) is -3.86. The summed E-state index contributed by atoms with van der Waals surface area (Å²) in [7, 11) is 0. The summed E-state index contributed by atoms with van der Waals surface area (Å²) in [5, 5.41) is 0.540. The van der Waals surface area contributed by atoms with Gasteiger partial charge in [0.1, 0.15) is 11.5 Å². The first-order valence-electron chi connectivity index (χ1n) is 5.05. The van der Waals surface area contributed by atoms with Crippen LogP contribution in [0.15, 0.2) is 54.6 Å². The van der Waals surface area contributed by atoms with Gasteiger partial charge >= 0.3 is 6.80 Å². The Bertz CT molecular complexity index is 562. The van der Waals surface area contributed by atoms with Crippen LogP contribution in [0, 0.1) is 0 Å². The third-order valence-electron chi connectivity index (χ3n) is 1.99. The van der Waals surface area contributed by atoms with Gasteiger partial charge in [-0.3, -0.25) is 0 Å². The molecule has 18 heavy (non-hydrogen) atoms. The quantitative estimate of drug-likeness (QED) is 0.741. The van der Waals surface area contributed by atoms with Gasteiger partial charge < -0.3 is 9.05 Å². The molecular formula is C12H9ClFO2PS. The van der Waals surface area contributed by atoms with E-state index in [9.17, 15) is 4.20 Å². The van der Waals surface area contributed by atoms with Crippen molar-refractivity contribution in [1.29, 1.82) is 0 Å². The summed E-state index contributed by atoms with van der Waals surface area (Å²) >= 11 is 10.4. The molecule has 0 aliphatic heterocycles. The average molecular weight is 303 g/mol. The van der Waals surface area contributed by atoms with Gasteiger partial charge in [0.05, 0.1) is 0 Å². The standard InChI is InChI=1S/C12H9ClFO2PS/c13-10-6-8-12(9-7-10)16-17(14,18)15-11-4-2-1-3-5-11/h1-9H. The van der Waals surface area contributed by atoms with E-state index in [0.717, 1.165) is 0 Å². The van der Waals surface area contributed by atoms with Crippen LogP contribution in [0.25, 0.3) is 0 Å². The molecule has 0 amide bonds. The van der Waals surface area contributed by atoms with E-state index in [4.69, 9.17) is 32.5 Å². The van der Waals surface area contributed by atoms with Crippen LogP contribution >= 0.6 is 18.4 Å². The fraction of sp³-hybridized carbons (Fsp3) is 0. The van der Waals surface area contributed by atoms with Crippen LogP contribution < -0.4 is 9.05 Å². The predicted molar refractivity (Wildman–Crippen MR) is 74.5 cm³/mol. The highest BCUT2D eigenvalue weighted by molar-refractivity contribution is 8.07. The molecule has 1 unspecified atom stereocenters. The summed E-state index contributed by atoms with van der Waals surface area (Å²) in [4.78, 5) is 0. The van der Waals surface area contributed by atoms with E-state index in [1.54, 1.807) is 42.5 Å². The minimum absolute atomic E-state index is 0.293. The zero-order valence-corrected chi connectivity index (χ0v) is 11.6. The first-order valence-corrected chi connectivity index (χ1v) is 7.95. The van der Waals surface area contributed by atoms with Crippen LogP contribution in [0.4, 0.5) is 4.20 Å². The maximum Gasteiger partial charge on any atom is 0.473 e. The van der Waals surface area contributed by atoms with Crippen molar-refractivity contribution < 1.29 is 13.2 Å². The van der Waals surface area contributed by atoms with E-state index in [-0.39, 0.29) is 0 Å². The third kappa shape index (κ3) is 3.98. The molecule has 0 spiro atoms. The molecule has 0 heterocycles. The third-order valence-corrected chi connectivity index (χ3v) is 3.54. The molecule has 0 radical (unpaired) electrons. The second-order valence-electron chi connectivity index (χ2n) is 3.38. The lowest BCUT2D eigenvalue weighted by Crippen LogP contribution is -1.95. The van der Waals surface area contributed by atoms with Crippen LogP contribution in [0.2, 0.25) is 5.02 Å². The van der Waals surface area contributed by atoms with Gasteiger partial charge in [-0.1, -0.05) is 29.8 Å². The van der Waals surface area contributed by atoms with Gasteiger partial charge in [-0.25, -0.2) is 0 Å². The van der Waals surface area contributed by atoms with Gasteiger partial charge in [0, 0.05) is 16.8 Å². The highest BCUT2D eigenvalue weighted by Gasteiger charge is 2.21. The molecule has 0 bridgehead atoms. The Labute approximate surface area is 115 Å². The Balaban J connectivity index is 2.08. The zero-order chi connectivity index (χ0) is 13.0. The minimum atomic E-state index is -3.86. The summed E-state index contributed by atoms with van der Waals surface area (Å²) in [6.07, 6.45) is 0. The molecule has 0 saturated heterocycles. The van der Waals surface area contributed by atoms with Crippen LogP contribution in [0.1, 0.15) is 0 Å². The van der Waals surface area contributed by atoms with E-state index in [1.165, 1.54) is 12.1 Å². The second-order valence-corrected chi connectivity index (χ2v) is 6.35. The highest BCUT2D eigenvalue weighted by atomic mass is 35.5. The molecule has 0 aromatic heterocycles. The second kappa shape index (κ2) is 5.70. The van der Waals surface area contributed by atoms with E-state index in [1.807, 2.05) is 0 Å². The van der Waals surface area contributed by atoms with Crippen molar-refractivity contribution >= 4 is 30.2 Å². The Morgan fingerprint density at radius 3 is 1.94 bits per heavy atom. The number of rotatable bonds is 4. The van der Waals surface area contributed by atoms with Gasteiger partial charge in [-0.2, -0.15) is 0 Å². The minimum Gasteiger partial charge on any atom is -0.413 e. The fourth-order valence-corrected chi connectivity index (χ4v) is 2.67. The number of para-hydroxylation sites is 1. The fourth-order valence-electron chi connectivity index (χ4n) is 1.25. The number of benzene rings is 2. The smallest absolute Gasteiger partial charge is 0.413 e. The Kier molecular flexibility index (Phi) is 4.23. The first kappa shape index (κ1) is 13.3. The topological polar surface area (TPSA) is 18.5 Å². The molecular weight excluding hydrogens is 294 g/mol. The van der Waals surface area contributed by atoms with Gasteiger partial charge in [0.25, 0.3) is 0 Å². The number of hydrogen-bond acceptors (Lipinski definition) is 3. The van der Waals surface area contributed by atoms with Gasteiger partial charge in [0.2, 0.25) is 0 Å². The van der Waals surface area contributed by atoms with E-state index < -0.39 is 6.80 Å². The number of hydrogen-bond donors (Lipinski definition) is 0. The van der Waals surface area contributed by atoms with Crippen LogP contribution in [0.3, 0.4) is 0 Å². The van der Waals surface area contributed by atoms with Crippen molar-refractivity contribution in [2.24, 2.45) is 0 Å². The Hall–Kier alpha value is -1.09. The largest absolute Gasteiger partial charge is 0.473 e. The molecule has 1 atom stereocenters. The summed E-state index contributed by atoms with van der Waals surface area (Å²) < 4.78 is 24.1. The lowest BCUT2D eigenvalue weighted by Gasteiger charge is -2.15. The summed E-state index contributed by atoms with van der Waals surface area (Å²) in [6, 6.07) is 14.8. The molecule has 2 rings (SSSR count). The van der Waals surface area contributed by atoms with E-state index in [2.05, 4.69) is 0 Å². The molecule has 0 saturated carbocycles. The summed E-state index contributed by atoms with van der Waals surface area (Å²) in [5.41, 5.74) is 0. The molecule has 94 valence electrons. The zero-order valence-electron chi connectivity index (χ0n) is 9.12. The maximum absolute atomic E-state index is 14.0. The van der Waals surface area contributed by atoms with Crippen molar-refractivity contribution in [2.75, 3.05) is 0 Å². The molecule has 0 N–H and O–H groups in total. The molecule has 0 aliphatic rings. The van der Waals surface area contributed by atoms with Gasteiger partial charge in [0.15, 0.2) is 0 Å². The normalized spacial score (nSPS) is 13.7. The van der Waals surface area contributed by atoms with Gasteiger partial charge in [-0.05, 0) is 36.4 Å². The van der Waals surface area contributed by atoms with E-state index >= 15 is 0 Å². The van der Waals surface area contributed by atoms with Crippen molar-refractivity contribution in [1.82, 2.24) is 0 Å². The van der Waals surface area contributed by atoms with Crippen molar-refractivity contribution in [3.8, 4) is 11.5 Å². The highest BCUT2D eigenvalue weighted by Crippen LogP contribution is 2.50. The van der Waals surface area contributed by atoms with Crippen molar-refractivity contribution in [3.05, 3.63) is 59.6 Å². The van der Waals surface area contributed by atoms with Crippen LogP contribution in [0.5, 0.6) is 11.5 Å². The molecule has 2 nitrogen and oxygen atoms in total. The molecule has 2 aromatic carbocycles. The first-order chi connectivity index (χ1) is 8.55. The molecule has 0 aliphatic carbocycles. The SMILES string of the molecule is FP(=S)(Oc1ccccc1)Oc1ccc(Cl)cc1. The lowest BCUT2D eigenvalue weighted by atomic mass is 10.3. The Morgan fingerprint density at radius 1 is 0.889 bits per heavy atom.